The predicted octanol–water partition coefficient (Wildman–Crippen LogP) is 6.26. The van der Waals surface area contributed by atoms with Gasteiger partial charge in [0.05, 0.1) is 26.9 Å². The van der Waals surface area contributed by atoms with E-state index >= 15 is 0 Å². The second kappa shape index (κ2) is 9.74. The number of aryl methyl sites for hydroxylation is 1. The van der Waals surface area contributed by atoms with Crippen LogP contribution >= 0.6 is 27.5 Å². The largest absolute Gasteiger partial charge is 0.417 e. The average Bonchev–Trinajstić information content (AvgIpc) is 2.73. The third-order valence-electron chi connectivity index (χ3n) is 4.59. The zero-order valence-electron chi connectivity index (χ0n) is 17.0. The van der Waals surface area contributed by atoms with Crippen LogP contribution in [0.2, 0.25) is 5.02 Å². The quantitative estimate of drug-likeness (QED) is 0.386. The smallest absolute Gasteiger partial charge is 0.323 e. The van der Waals surface area contributed by atoms with Crippen LogP contribution in [0.1, 0.15) is 11.1 Å². The molecule has 0 bridgehead atoms. The van der Waals surface area contributed by atoms with Crippen LogP contribution in [-0.4, -0.2) is 20.9 Å². The first-order valence-electron chi connectivity index (χ1n) is 9.40. The van der Waals surface area contributed by atoms with Crippen molar-refractivity contribution in [3.05, 3.63) is 87.4 Å². The summed E-state index contributed by atoms with van der Waals surface area (Å²) in [7, 11) is -4.39. The zero-order valence-corrected chi connectivity index (χ0v) is 20.2. The summed E-state index contributed by atoms with van der Waals surface area (Å²) in [6, 6.07) is 15.1. The lowest BCUT2D eigenvalue weighted by Crippen LogP contribution is -2.38. The monoisotopic (exact) mass is 560 g/mol. The van der Waals surface area contributed by atoms with Gasteiger partial charge in [-0.2, -0.15) is 13.2 Å². The molecule has 0 heterocycles. The van der Waals surface area contributed by atoms with Crippen molar-refractivity contribution in [2.24, 2.45) is 0 Å². The van der Waals surface area contributed by atoms with Gasteiger partial charge >= 0.3 is 6.18 Å². The molecular formula is C22H17BrClF3N2O3S. The number of hydrogen-bond donors (Lipinski definition) is 1. The van der Waals surface area contributed by atoms with Crippen molar-refractivity contribution in [2.45, 2.75) is 18.0 Å². The van der Waals surface area contributed by atoms with Gasteiger partial charge in [-0.25, -0.2) is 8.42 Å². The average molecular weight is 562 g/mol. The number of benzene rings is 3. The van der Waals surface area contributed by atoms with Gasteiger partial charge in [0, 0.05) is 4.47 Å². The number of nitrogens with zero attached hydrogens (tertiary/aromatic N) is 1. The second-order valence-electron chi connectivity index (χ2n) is 7.01. The van der Waals surface area contributed by atoms with Crippen molar-refractivity contribution >= 4 is 54.8 Å². The lowest BCUT2D eigenvalue weighted by molar-refractivity contribution is -0.137. The minimum absolute atomic E-state index is 0.176. The standard InChI is InChI=1S/C22H17BrClF3N2O3S/c1-14-6-9-16(10-7-14)33(31,32)29(13-21(30)28-20-5-3-2-4-18(20)23)15-8-11-19(24)17(12-15)22(25,26)27/h2-12H,13H2,1H3,(H,28,30). The highest BCUT2D eigenvalue weighted by atomic mass is 79.9. The summed E-state index contributed by atoms with van der Waals surface area (Å²) >= 11 is 8.96. The number of carbonyl (C=O) groups excluding carboxylic acids is 1. The van der Waals surface area contributed by atoms with Crippen LogP contribution in [-0.2, 0) is 21.0 Å². The van der Waals surface area contributed by atoms with Crippen molar-refractivity contribution in [1.29, 1.82) is 0 Å². The van der Waals surface area contributed by atoms with Crippen LogP contribution in [0.3, 0.4) is 0 Å². The summed E-state index contributed by atoms with van der Waals surface area (Å²) in [6.45, 7) is 0.991. The molecule has 0 radical (unpaired) electrons. The first kappa shape index (κ1) is 25.1. The number of sulfonamides is 1. The highest BCUT2D eigenvalue weighted by Gasteiger charge is 2.35. The van der Waals surface area contributed by atoms with Crippen LogP contribution in [0.4, 0.5) is 24.5 Å². The van der Waals surface area contributed by atoms with E-state index in [4.69, 9.17) is 11.6 Å². The fourth-order valence-electron chi connectivity index (χ4n) is 2.92. The number of amides is 1. The molecule has 0 atom stereocenters. The van der Waals surface area contributed by atoms with Gasteiger partial charge in [-0.1, -0.05) is 41.4 Å². The van der Waals surface area contributed by atoms with Crippen molar-refractivity contribution in [3.63, 3.8) is 0 Å². The molecule has 3 aromatic rings. The number of halogens is 5. The van der Waals surface area contributed by atoms with Crippen LogP contribution < -0.4 is 9.62 Å². The molecule has 0 saturated carbocycles. The van der Waals surface area contributed by atoms with E-state index in [1.54, 1.807) is 43.3 Å². The normalized spacial score (nSPS) is 11.8. The third-order valence-corrected chi connectivity index (χ3v) is 7.40. The molecule has 0 aliphatic rings. The highest BCUT2D eigenvalue weighted by Crippen LogP contribution is 2.38. The summed E-state index contributed by atoms with van der Waals surface area (Å²) in [4.78, 5) is 12.6. The van der Waals surface area contributed by atoms with E-state index < -0.39 is 39.2 Å². The molecule has 0 unspecified atom stereocenters. The van der Waals surface area contributed by atoms with Gasteiger partial charge in [0.25, 0.3) is 10.0 Å². The molecule has 0 spiro atoms. The van der Waals surface area contributed by atoms with E-state index in [-0.39, 0.29) is 10.6 Å². The summed E-state index contributed by atoms with van der Waals surface area (Å²) < 4.78 is 68.1. The molecule has 3 rings (SSSR count). The lowest BCUT2D eigenvalue weighted by atomic mass is 10.2. The van der Waals surface area contributed by atoms with E-state index in [9.17, 15) is 26.4 Å². The maximum absolute atomic E-state index is 13.4. The SMILES string of the molecule is Cc1ccc(S(=O)(=O)N(CC(=O)Nc2ccccc2Br)c2ccc(Cl)c(C(F)(F)F)c2)cc1. The van der Waals surface area contributed by atoms with E-state index in [1.165, 1.54) is 12.1 Å². The van der Waals surface area contributed by atoms with Crippen LogP contribution in [0.5, 0.6) is 0 Å². The first-order valence-corrected chi connectivity index (χ1v) is 12.0. The van der Waals surface area contributed by atoms with Gasteiger partial charge in [0.15, 0.2) is 0 Å². The van der Waals surface area contributed by atoms with Crippen LogP contribution in [0, 0.1) is 6.92 Å². The highest BCUT2D eigenvalue weighted by molar-refractivity contribution is 9.10. The number of nitrogens with one attached hydrogen (secondary N) is 1. The lowest BCUT2D eigenvalue weighted by Gasteiger charge is -2.25. The summed E-state index contributed by atoms with van der Waals surface area (Å²) in [6.07, 6.45) is -4.82. The molecule has 0 aliphatic carbocycles. The van der Waals surface area contributed by atoms with E-state index in [0.717, 1.165) is 17.7 Å². The molecule has 1 amide bonds. The Morgan fingerprint density at radius 3 is 2.30 bits per heavy atom. The molecule has 0 aromatic heterocycles. The number of anilines is 2. The zero-order chi connectivity index (χ0) is 24.4. The van der Waals surface area contributed by atoms with Gasteiger partial charge in [-0.05, 0) is 65.3 Å². The van der Waals surface area contributed by atoms with Gasteiger partial charge < -0.3 is 5.32 Å². The molecule has 3 aromatic carbocycles. The molecule has 0 fully saturated rings. The fraction of sp³-hybridized carbons (Fsp3) is 0.136. The Morgan fingerprint density at radius 2 is 1.70 bits per heavy atom. The first-order chi connectivity index (χ1) is 15.4. The molecule has 33 heavy (non-hydrogen) atoms. The van der Waals surface area contributed by atoms with Crippen molar-refractivity contribution in [1.82, 2.24) is 0 Å². The molecule has 174 valence electrons. The number of hydrogen-bond acceptors (Lipinski definition) is 3. The van der Waals surface area contributed by atoms with Gasteiger partial charge in [-0.15, -0.1) is 0 Å². The second-order valence-corrected chi connectivity index (χ2v) is 10.1. The van der Waals surface area contributed by atoms with Crippen molar-refractivity contribution in [2.75, 3.05) is 16.2 Å². The number of alkyl halides is 3. The number of carbonyl (C=O) groups is 1. The van der Waals surface area contributed by atoms with Crippen LogP contribution in [0.25, 0.3) is 0 Å². The molecule has 0 saturated heterocycles. The number of rotatable bonds is 6. The Morgan fingerprint density at radius 1 is 1.06 bits per heavy atom. The third kappa shape index (κ3) is 5.87. The Kier molecular flexibility index (Phi) is 7.40. The van der Waals surface area contributed by atoms with Gasteiger partial charge in [0.2, 0.25) is 5.91 Å². The minimum atomic E-state index is -4.82. The van der Waals surface area contributed by atoms with Crippen LogP contribution in [0.15, 0.2) is 76.1 Å². The topological polar surface area (TPSA) is 66.5 Å². The number of para-hydroxylation sites is 1. The molecule has 11 heteroatoms. The maximum atomic E-state index is 13.4. The molecule has 5 nitrogen and oxygen atoms in total. The summed E-state index contributed by atoms with van der Waals surface area (Å²) in [5, 5.41) is 1.97. The van der Waals surface area contributed by atoms with Crippen molar-refractivity contribution in [3.8, 4) is 0 Å². The summed E-state index contributed by atoms with van der Waals surface area (Å²) in [5.74, 6) is -0.749. The Balaban J connectivity index is 2.06. The predicted molar refractivity (Wildman–Crippen MR) is 125 cm³/mol. The summed E-state index contributed by atoms with van der Waals surface area (Å²) in [5.41, 5.74) is -0.396. The maximum Gasteiger partial charge on any atom is 0.417 e. The van der Waals surface area contributed by atoms with Gasteiger partial charge in [-0.3, -0.25) is 9.10 Å². The Labute approximate surface area is 202 Å². The van der Waals surface area contributed by atoms with Gasteiger partial charge in [0.1, 0.15) is 6.54 Å². The molecular weight excluding hydrogens is 545 g/mol. The minimum Gasteiger partial charge on any atom is -0.323 e. The molecule has 1 N–H and O–H groups in total. The fourth-order valence-corrected chi connectivity index (χ4v) is 4.94. The van der Waals surface area contributed by atoms with E-state index in [1.807, 2.05) is 0 Å². The van der Waals surface area contributed by atoms with E-state index in [2.05, 4.69) is 21.2 Å². The van der Waals surface area contributed by atoms with E-state index in [0.29, 0.717) is 20.5 Å². The Hall–Kier alpha value is -2.56. The Bertz CT molecular complexity index is 1280. The molecule has 0 aliphatic heterocycles. The van der Waals surface area contributed by atoms with Crippen molar-refractivity contribution < 1.29 is 26.4 Å².